The maximum atomic E-state index is 12.0. The lowest BCUT2D eigenvalue weighted by Crippen LogP contribution is -2.40. The van der Waals surface area contributed by atoms with Crippen LogP contribution in [0, 0.1) is 0 Å². The summed E-state index contributed by atoms with van der Waals surface area (Å²) < 4.78 is 30.1. The molecule has 0 saturated carbocycles. The molecule has 0 unspecified atom stereocenters. The molecule has 1 N–H and O–H groups in total. The normalized spacial score (nSPS) is 11.9. The molecule has 0 radical (unpaired) electrons. The lowest BCUT2D eigenvalue weighted by atomic mass is 10.2. The molecule has 130 valence electrons. The van der Waals surface area contributed by atoms with Crippen LogP contribution in [0.4, 0.5) is 10.5 Å². The Hall–Kier alpha value is -1.18. The second-order valence-corrected chi connectivity index (χ2v) is 8.61. The van der Waals surface area contributed by atoms with Gasteiger partial charge in [-0.25, -0.2) is 13.2 Å². The van der Waals surface area contributed by atoms with Crippen molar-refractivity contribution < 1.29 is 17.9 Å². The van der Waals surface area contributed by atoms with Crippen molar-refractivity contribution in [2.75, 3.05) is 23.7 Å². The summed E-state index contributed by atoms with van der Waals surface area (Å²) in [7, 11) is -3.59. The van der Waals surface area contributed by atoms with Gasteiger partial charge in [0.25, 0.3) is 0 Å². The number of nitrogens with one attached hydrogen (secondary N) is 1. The Morgan fingerprint density at radius 3 is 2.43 bits per heavy atom. The number of rotatable bonds is 5. The smallest absolute Gasteiger partial charge is 0.407 e. The molecule has 0 aliphatic rings. The van der Waals surface area contributed by atoms with Gasteiger partial charge in [0.05, 0.1) is 23.5 Å². The minimum atomic E-state index is -3.59. The zero-order valence-corrected chi connectivity index (χ0v) is 15.7. The average Bonchev–Trinajstić information content (AvgIpc) is 2.34. The summed E-state index contributed by atoms with van der Waals surface area (Å²) in [6, 6.07) is 4.53. The van der Waals surface area contributed by atoms with Crippen LogP contribution in [0.25, 0.3) is 0 Å². The zero-order valence-electron chi connectivity index (χ0n) is 13.4. The number of benzene rings is 1. The van der Waals surface area contributed by atoms with Crippen LogP contribution in [0.5, 0.6) is 0 Å². The van der Waals surface area contributed by atoms with E-state index < -0.39 is 21.7 Å². The van der Waals surface area contributed by atoms with Gasteiger partial charge in [0.2, 0.25) is 10.0 Å². The van der Waals surface area contributed by atoms with Crippen molar-refractivity contribution >= 4 is 45.0 Å². The Kier molecular flexibility index (Phi) is 6.56. The number of sulfonamides is 1. The van der Waals surface area contributed by atoms with Crippen molar-refractivity contribution in [2.45, 2.75) is 26.4 Å². The van der Waals surface area contributed by atoms with Crippen LogP contribution >= 0.6 is 23.2 Å². The van der Waals surface area contributed by atoms with Crippen molar-refractivity contribution in [1.29, 1.82) is 0 Å². The number of halogens is 2. The summed E-state index contributed by atoms with van der Waals surface area (Å²) in [6.07, 6.45) is 0.431. The molecule has 1 amide bonds. The van der Waals surface area contributed by atoms with E-state index in [1.165, 1.54) is 12.1 Å². The molecule has 0 atom stereocenters. The highest BCUT2D eigenvalue weighted by molar-refractivity contribution is 7.92. The Morgan fingerprint density at radius 2 is 1.91 bits per heavy atom. The first kappa shape index (κ1) is 19.9. The molecule has 1 aromatic rings. The molecule has 0 aliphatic carbocycles. The Bertz CT molecular complexity index is 672. The number of hydrogen-bond donors (Lipinski definition) is 1. The molecule has 0 fully saturated rings. The minimum Gasteiger partial charge on any atom is -0.444 e. The molecule has 23 heavy (non-hydrogen) atoms. The molecular weight excluding hydrogens is 363 g/mol. The highest BCUT2D eigenvalue weighted by Gasteiger charge is 2.21. The number of hydrogen-bond acceptors (Lipinski definition) is 4. The standard InChI is InChI=1S/C14H20Cl2N2O4S/c1-14(2,3)22-13(19)17-7-8-18(23(4,20)21)12-9-10(15)5-6-11(12)16/h5-6,9H,7-8H2,1-4H3,(H,17,19). The van der Waals surface area contributed by atoms with Gasteiger partial charge in [0.15, 0.2) is 0 Å². The van der Waals surface area contributed by atoms with E-state index in [9.17, 15) is 13.2 Å². The fourth-order valence-electron chi connectivity index (χ4n) is 1.72. The second kappa shape index (κ2) is 7.59. The van der Waals surface area contributed by atoms with E-state index >= 15 is 0 Å². The van der Waals surface area contributed by atoms with Crippen LogP contribution in [-0.2, 0) is 14.8 Å². The van der Waals surface area contributed by atoms with Gasteiger partial charge in [0, 0.05) is 11.6 Å². The number of ether oxygens (including phenoxy) is 1. The van der Waals surface area contributed by atoms with Crippen LogP contribution in [0.3, 0.4) is 0 Å². The summed E-state index contributed by atoms with van der Waals surface area (Å²) >= 11 is 11.9. The molecule has 6 nitrogen and oxygen atoms in total. The quantitative estimate of drug-likeness (QED) is 0.847. The highest BCUT2D eigenvalue weighted by atomic mass is 35.5. The van der Waals surface area contributed by atoms with Crippen molar-refractivity contribution in [3.63, 3.8) is 0 Å². The lowest BCUT2D eigenvalue weighted by molar-refractivity contribution is 0.0529. The van der Waals surface area contributed by atoms with E-state index in [-0.39, 0.29) is 23.8 Å². The predicted molar refractivity (Wildman–Crippen MR) is 92.9 cm³/mol. The van der Waals surface area contributed by atoms with Crippen molar-refractivity contribution in [1.82, 2.24) is 5.32 Å². The first-order chi connectivity index (χ1) is 10.4. The number of carbonyl (C=O) groups is 1. The van der Waals surface area contributed by atoms with Crippen LogP contribution < -0.4 is 9.62 Å². The van der Waals surface area contributed by atoms with E-state index in [2.05, 4.69) is 5.32 Å². The van der Waals surface area contributed by atoms with E-state index in [1.807, 2.05) is 0 Å². The van der Waals surface area contributed by atoms with Gasteiger partial charge in [-0.1, -0.05) is 23.2 Å². The van der Waals surface area contributed by atoms with Crippen molar-refractivity contribution in [2.24, 2.45) is 0 Å². The maximum absolute atomic E-state index is 12.0. The SMILES string of the molecule is CC(C)(C)OC(=O)NCCN(c1cc(Cl)ccc1Cl)S(C)(=O)=O. The van der Waals surface area contributed by atoms with Gasteiger partial charge in [-0.3, -0.25) is 4.31 Å². The number of amides is 1. The van der Waals surface area contributed by atoms with Crippen LogP contribution in [-0.4, -0.2) is 39.5 Å². The molecular formula is C14H20Cl2N2O4S. The first-order valence-electron chi connectivity index (χ1n) is 6.80. The molecule has 0 aromatic heterocycles. The molecule has 0 bridgehead atoms. The Morgan fingerprint density at radius 1 is 1.30 bits per heavy atom. The van der Waals surface area contributed by atoms with Gasteiger partial charge < -0.3 is 10.1 Å². The summed E-state index contributed by atoms with van der Waals surface area (Å²) in [4.78, 5) is 11.6. The average molecular weight is 383 g/mol. The summed E-state index contributed by atoms with van der Waals surface area (Å²) in [5.74, 6) is 0. The summed E-state index contributed by atoms with van der Waals surface area (Å²) in [5.41, 5.74) is -0.371. The Labute approximate surface area is 146 Å². The van der Waals surface area contributed by atoms with Gasteiger partial charge in [-0.15, -0.1) is 0 Å². The van der Waals surface area contributed by atoms with E-state index in [0.717, 1.165) is 10.6 Å². The maximum Gasteiger partial charge on any atom is 0.407 e. The van der Waals surface area contributed by atoms with Crippen LogP contribution in [0.15, 0.2) is 18.2 Å². The van der Waals surface area contributed by atoms with E-state index in [0.29, 0.717) is 5.02 Å². The van der Waals surface area contributed by atoms with Crippen LogP contribution in [0.1, 0.15) is 20.8 Å². The van der Waals surface area contributed by atoms with Crippen molar-refractivity contribution in [3.05, 3.63) is 28.2 Å². The zero-order chi connectivity index (χ0) is 17.8. The minimum absolute atomic E-state index is 0.00185. The fourth-order valence-corrected chi connectivity index (χ4v) is 3.08. The number of nitrogens with zero attached hydrogens (tertiary/aromatic N) is 1. The molecule has 0 spiro atoms. The third kappa shape index (κ3) is 6.85. The van der Waals surface area contributed by atoms with Crippen LogP contribution in [0.2, 0.25) is 10.0 Å². The number of alkyl carbamates (subject to hydrolysis) is 1. The summed E-state index contributed by atoms with van der Waals surface area (Å²) in [6.45, 7) is 5.27. The highest BCUT2D eigenvalue weighted by Crippen LogP contribution is 2.30. The molecule has 0 aliphatic heterocycles. The van der Waals surface area contributed by atoms with E-state index in [1.54, 1.807) is 26.8 Å². The molecule has 1 aromatic carbocycles. The third-order valence-electron chi connectivity index (χ3n) is 2.56. The molecule has 9 heteroatoms. The molecule has 1 rings (SSSR count). The second-order valence-electron chi connectivity index (χ2n) is 5.86. The number of anilines is 1. The largest absolute Gasteiger partial charge is 0.444 e. The predicted octanol–water partition coefficient (Wildman–Crippen LogP) is 3.28. The first-order valence-corrected chi connectivity index (χ1v) is 9.40. The van der Waals surface area contributed by atoms with Gasteiger partial charge in [-0.2, -0.15) is 0 Å². The third-order valence-corrected chi connectivity index (χ3v) is 4.29. The topological polar surface area (TPSA) is 75.7 Å². The Balaban J connectivity index is 2.83. The summed E-state index contributed by atoms with van der Waals surface area (Å²) in [5, 5.41) is 3.11. The van der Waals surface area contributed by atoms with Gasteiger partial charge in [0.1, 0.15) is 5.60 Å². The van der Waals surface area contributed by atoms with Gasteiger partial charge in [-0.05, 0) is 39.0 Å². The molecule has 0 heterocycles. The van der Waals surface area contributed by atoms with Gasteiger partial charge >= 0.3 is 6.09 Å². The number of carbonyl (C=O) groups excluding carboxylic acids is 1. The fraction of sp³-hybridized carbons (Fsp3) is 0.500. The van der Waals surface area contributed by atoms with E-state index in [4.69, 9.17) is 27.9 Å². The lowest BCUT2D eigenvalue weighted by Gasteiger charge is -2.24. The van der Waals surface area contributed by atoms with Crippen molar-refractivity contribution in [3.8, 4) is 0 Å². The molecule has 0 saturated heterocycles. The monoisotopic (exact) mass is 382 g/mol.